The third kappa shape index (κ3) is 6.16. The molecule has 3 aliphatic rings. The fourth-order valence-electron chi connectivity index (χ4n) is 5.24. The molecule has 3 rings (SSSR count). The summed E-state index contributed by atoms with van der Waals surface area (Å²) in [7, 11) is 0. The molecule has 0 atom stereocenters. The summed E-state index contributed by atoms with van der Waals surface area (Å²) in [4.78, 5) is 8.04. The van der Waals surface area contributed by atoms with Crippen molar-refractivity contribution in [1.29, 1.82) is 0 Å². The van der Waals surface area contributed by atoms with Gasteiger partial charge in [0.1, 0.15) is 0 Å². The van der Waals surface area contributed by atoms with Crippen molar-refractivity contribution in [3.63, 3.8) is 0 Å². The van der Waals surface area contributed by atoms with Crippen molar-refractivity contribution >= 4 is 0 Å². The van der Waals surface area contributed by atoms with Crippen LogP contribution in [0.25, 0.3) is 0 Å². The van der Waals surface area contributed by atoms with E-state index < -0.39 is 0 Å². The summed E-state index contributed by atoms with van der Waals surface area (Å²) in [5.41, 5.74) is 0.999. The lowest BCUT2D eigenvalue weighted by molar-refractivity contribution is -0.0706. The third-order valence-electron chi connectivity index (χ3n) is 7.06. The van der Waals surface area contributed by atoms with Crippen LogP contribution >= 0.6 is 0 Å². The van der Waals surface area contributed by atoms with Crippen molar-refractivity contribution in [3.8, 4) is 0 Å². The molecule has 0 amide bonds. The quantitative estimate of drug-likeness (QED) is 0.725. The Balaban J connectivity index is 1.29. The normalized spacial score (nSPS) is 26.4. The molecule has 158 valence electrons. The number of hydrogen-bond acceptors (Lipinski definition) is 4. The third-order valence-corrected chi connectivity index (χ3v) is 7.06. The van der Waals surface area contributed by atoms with Gasteiger partial charge in [0.2, 0.25) is 0 Å². The average molecular weight is 380 g/mol. The number of piperidine rings is 2. The number of rotatable bonds is 5. The zero-order valence-electron chi connectivity index (χ0n) is 19.0. The first-order valence-electron chi connectivity index (χ1n) is 11.4. The van der Waals surface area contributed by atoms with Crippen LogP contribution in [0.15, 0.2) is 0 Å². The highest BCUT2D eigenvalue weighted by atomic mass is 16.5. The van der Waals surface area contributed by atoms with Gasteiger partial charge in [-0.05, 0) is 105 Å². The van der Waals surface area contributed by atoms with Crippen molar-refractivity contribution in [3.05, 3.63) is 0 Å². The van der Waals surface area contributed by atoms with Crippen LogP contribution in [-0.2, 0) is 4.74 Å². The van der Waals surface area contributed by atoms with Gasteiger partial charge in [-0.15, -0.1) is 0 Å². The van der Waals surface area contributed by atoms with Crippen molar-refractivity contribution in [2.24, 2.45) is 11.3 Å². The van der Waals surface area contributed by atoms with Gasteiger partial charge in [-0.3, -0.25) is 4.90 Å². The van der Waals surface area contributed by atoms with Crippen LogP contribution in [0.1, 0.15) is 67.2 Å². The van der Waals surface area contributed by atoms with E-state index in [9.17, 15) is 0 Å². The molecule has 3 heterocycles. The molecule has 0 aromatic rings. The summed E-state index contributed by atoms with van der Waals surface area (Å²) >= 11 is 0. The SMILES string of the molecule is CC(C)(C)OCCN1CCC(CN2CC3(CCN(C(C)(C)C)CC3)C2)CC1. The molecule has 3 aliphatic heterocycles. The molecule has 0 unspecified atom stereocenters. The topological polar surface area (TPSA) is 19.0 Å². The number of ether oxygens (including phenoxy) is 1. The van der Waals surface area contributed by atoms with Gasteiger partial charge in [-0.25, -0.2) is 0 Å². The minimum atomic E-state index is -0.00514. The molecule has 4 heteroatoms. The second kappa shape index (κ2) is 8.30. The van der Waals surface area contributed by atoms with E-state index in [0.717, 1.165) is 19.1 Å². The number of nitrogens with zero attached hydrogens (tertiary/aromatic N) is 3. The summed E-state index contributed by atoms with van der Waals surface area (Å²) in [5.74, 6) is 0.914. The fraction of sp³-hybridized carbons (Fsp3) is 1.00. The molecular weight excluding hydrogens is 334 g/mol. The molecule has 0 radical (unpaired) electrons. The van der Waals surface area contributed by atoms with E-state index in [0.29, 0.717) is 11.0 Å². The monoisotopic (exact) mass is 379 g/mol. The Bertz CT molecular complexity index is 455. The van der Waals surface area contributed by atoms with E-state index in [1.807, 2.05) is 0 Å². The second-order valence-corrected chi connectivity index (χ2v) is 11.6. The van der Waals surface area contributed by atoms with Crippen LogP contribution in [0.5, 0.6) is 0 Å². The van der Waals surface area contributed by atoms with Crippen LogP contribution in [0.4, 0.5) is 0 Å². The van der Waals surface area contributed by atoms with Gasteiger partial charge < -0.3 is 14.5 Å². The van der Waals surface area contributed by atoms with E-state index in [1.54, 1.807) is 0 Å². The van der Waals surface area contributed by atoms with Crippen molar-refractivity contribution in [2.75, 3.05) is 59.0 Å². The highest BCUT2D eigenvalue weighted by molar-refractivity contribution is 5.00. The molecule has 0 aromatic carbocycles. The molecule has 0 aromatic heterocycles. The standard InChI is InChI=1S/C23H45N3O/c1-21(2,3)26-13-9-23(10-14-26)18-25(19-23)17-20-7-11-24(12-8-20)15-16-27-22(4,5)6/h20H,7-19H2,1-6H3. The summed E-state index contributed by atoms with van der Waals surface area (Å²) in [6, 6.07) is 0. The lowest BCUT2D eigenvalue weighted by Gasteiger charge is -2.56. The zero-order valence-corrected chi connectivity index (χ0v) is 19.0. The second-order valence-electron chi connectivity index (χ2n) is 11.6. The van der Waals surface area contributed by atoms with Gasteiger partial charge >= 0.3 is 0 Å². The van der Waals surface area contributed by atoms with Gasteiger partial charge in [0.25, 0.3) is 0 Å². The Kier molecular flexibility index (Phi) is 6.62. The van der Waals surface area contributed by atoms with Crippen LogP contribution in [0.3, 0.4) is 0 Å². The Morgan fingerprint density at radius 3 is 1.96 bits per heavy atom. The largest absolute Gasteiger partial charge is 0.375 e. The summed E-state index contributed by atoms with van der Waals surface area (Å²) in [5, 5.41) is 0. The lowest BCUT2D eigenvalue weighted by Crippen LogP contribution is -2.62. The smallest absolute Gasteiger partial charge is 0.0600 e. The van der Waals surface area contributed by atoms with E-state index in [-0.39, 0.29) is 5.60 Å². The van der Waals surface area contributed by atoms with Gasteiger partial charge in [-0.1, -0.05) is 0 Å². The Morgan fingerprint density at radius 1 is 0.852 bits per heavy atom. The molecule has 0 saturated carbocycles. The maximum atomic E-state index is 5.89. The van der Waals surface area contributed by atoms with Gasteiger partial charge in [0.05, 0.1) is 12.2 Å². The van der Waals surface area contributed by atoms with Crippen LogP contribution in [0.2, 0.25) is 0 Å². The van der Waals surface area contributed by atoms with E-state index in [1.165, 1.54) is 71.5 Å². The van der Waals surface area contributed by atoms with E-state index in [4.69, 9.17) is 4.74 Å². The zero-order chi connectivity index (χ0) is 19.7. The summed E-state index contributed by atoms with van der Waals surface area (Å²) in [6.45, 7) is 24.7. The average Bonchev–Trinajstić information content (AvgIpc) is 2.53. The maximum absolute atomic E-state index is 5.89. The first-order valence-corrected chi connectivity index (χ1v) is 11.4. The highest BCUT2D eigenvalue weighted by Gasteiger charge is 2.46. The van der Waals surface area contributed by atoms with Crippen LogP contribution < -0.4 is 0 Å². The number of hydrogen-bond donors (Lipinski definition) is 0. The minimum Gasteiger partial charge on any atom is -0.375 e. The van der Waals surface area contributed by atoms with E-state index in [2.05, 4.69) is 56.2 Å². The molecule has 0 aliphatic carbocycles. The Morgan fingerprint density at radius 2 is 1.44 bits per heavy atom. The molecular formula is C23H45N3O. The lowest BCUT2D eigenvalue weighted by atomic mass is 9.71. The molecule has 0 bridgehead atoms. The molecule has 27 heavy (non-hydrogen) atoms. The molecule has 3 saturated heterocycles. The Hall–Kier alpha value is -0.160. The summed E-state index contributed by atoms with van der Waals surface area (Å²) < 4.78 is 5.89. The highest BCUT2D eigenvalue weighted by Crippen LogP contribution is 2.42. The number of likely N-dealkylation sites (tertiary alicyclic amines) is 3. The van der Waals surface area contributed by atoms with E-state index >= 15 is 0 Å². The Labute approximate surface area is 168 Å². The predicted molar refractivity (Wildman–Crippen MR) is 114 cm³/mol. The molecule has 3 fully saturated rings. The van der Waals surface area contributed by atoms with Crippen molar-refractivity contribution in [2.45, 2.75) is 78.4 Å². The molecule has 0 N–H and O–H groups in total. The van der Waals surface area contributed by atoms with Crippen molar-refractivity contribution in [1.82, 2.24) is 14.7 Å². The van der Waals surface area contributed by atoms with Crippen LogP contribution in [-0.4, -0.2) is 84.8 Å². The van der Waals surface area contributed by atoms with Gasteiger partial charge in [0, 0.05) is 31.7 Å². The maximum Gasteiger partial charge on any atom is 0.0600 e. The molecule has 4 nitrogen and oxygen atoms in total. The molecule has 1 spiro atoms. The minimum absolute atomic E-state index is 0.00514. The van der Waals surface area contributed by atoms with Gasteiger partial charge in [0.15, 0.2) is 0 Å². The first-order chi connectivity index (χ1) is 12.5. The summed E-state index contributed by atoms with van der Waals surface area (Å²) in [6.07, 6.45) is 5.56. The first kappa shape index (κ1) is 21.5. The van der Waals surface area contributed by atoms with Gasteiger partial charge in [-0.2, -0.15) is 0 Å². The fourth-order valence-corrected chi connectivity index (χ4v) is 5.24. The predicted octanol–water partition coefficient (Wildman–Crippen LogP) is 3.71. The van der Waals surface area contributed by atoms with Crippen LogP contribution in [0, 0.1) is 11.3 Å². The van der Waals surface area contributed by atoms with Crippen molar-refractivity contribution < 1.29 is 4.74 Å².